The van der Waals surface area contributed by atoms with Crippen LogP contribution < -0.4 is 9.47 Å². The van der Waals surface area contributed by atoms with E-state index >= 15 is 0 Å². The van der Waals surface area contributed by atoms with Gasteiger partial charge in [-0.1, -0.05) is 13.0 Å². The highest BCUT2D eigenvalue weighted by atomic mass is 16.7. The van der Waals surface area contributed by atoms with E-state index in [1.54, 1.807) is 37.3 Å². The number of benzene rings is 1. The maximum Gasteiger partial charge on any atom is 0.231 e. The topological polar surface area (TPSA) is 71.1 Å². The highest BCUT2D eigenvalue weighted by Gasteiger charge is 2.46. The number of methoxy groups -OCH3 is 2. The summed E-state index contributed by atoms with van der Waals surface area (Å²) in [4.78, 5) is 25.5. The van der Waals surface area contributed by atoms with Crippen molar-refractivity contribution < 1.29 is 28.5 Å². The van der Waals surface area contributed by atoms with Gasteiger partial charge >= 0.3 is 0 Å². The number of allylic oxidation sites excluding steroid dienone is 3. The van der Waals surface area contributed by atoms with Crippen molar-refractivity contribution in [3.8, 4) is 11.5 Å². The molecule has 0 saturated heterocycles. The van der Waals surface area contributed by atoms with E-state index in [2.05, 4.69) is 6.58 Å². The van der Waals surface area contributed by atoms with E-state index in [0.29, 0.717) is 34.8 Å². The van der Waals surface area contributed by atoms with Gasteiger partial charge in [0.05, 0.1) is 13.0 Å². The van der Waals surface area contributed by atoms with Gasteiger partial charge in [0.1, 0.15) is 5.76 Å². The van der Waals surface area contributed by atoms with Crippen LogP contribution >= 0.6 is 0 Å². The highest BCUT2D eigenvalue weighted by Crippen LogP contribution is 2.40. The molecule has 6 heteroatoms. The number of rotatable bonds is 7. The highest BCUT2D eigenvalue weighted by molar-refractivity contribution is 6.07. The number of hydrogen-bond donors (Lipinski definition) is 0. The fourth-order valence-electron chi connectivity index (χ4n) is 3.43. The van der Waals surface area contributed by atoms with Crippen molar-refractivity contribution in [1.82, 2.24) is 0 Å². The summed E-state index contributed by atoms with van der Waals surface area (Å²) in [5.41, 5.74) is -0.207. The molecule has 0 bridgehead atoms. The summed E-state index contributed by atoms with van der Waals surface area (Å²) in [7, 11) is 2.95. The molecule has 2 aliphatic rings. The van der Waals surface area contributed by atoms with Crippen LogP contribution in [0.1, 0.15) is 23.7 Å². The Balaban J connectivity index is 2.01. The molecule has 0 spiro atoms. The SMILES string of the molecule is C=CCC1=C[C@](OC)([C@@H](C)C(=O)c2ccc3c(c2)OCO3)C(OC)=CC1=O. The van der Waals surface area contributed by atoms with Gasteiger partial charge in [0.25, 0.3) is 0 Å². The molecule has 27 heavy (non-hydrogen) atoms. The minimum atomic E-state index is -1.19. The zero-order valence-corrected chi connectivity index (χ0v) is 15.6. The van der Waals surface area contributed by atoms with Crippen LogP contribution in [0.5, 0.6) is 11.5 Å². The number of hydrogen-bond acceptors (Lipinski definition) is 6. The summed E-state index contributed by atoms with van der Waals surface area (Å²) >= 11 is 0. The van der Waals surface area contributed by atoms with Crippen molar-refractivity contribution in [2.75, 3.05) is 21.0 Å². The van der Waals surface area contributed by atoms with Crippen LogP contribution in [-0.4, -0.2) is 38.2 Å². The third kappa shape index (κ3) is 3.17. The van der Waals surface area contributed by atoms with Gasteiger partial charge < -0.3 is 18.9 Å². The Morgan fingerprint density at radius 2 is 2.07 bits per heavy atom. The number of ether oxygens (including phenoxy) is 4. The van der Waals surface area contributed by atoms with Crippen molar-refractivity contribution >= 4 is 11.6 Å². The molecule has 0 saturated carbocycles. The minimum absolute atomic E-state index is 0.136. The Labute approximate surface area is 158 Å². The maximum absolute atomic E-state index is 13.2. The molecular weight excluding hydrogens is 348 g/mol. The lowest BCUT2D eigenvalue weighted by atomic mass is 9.76. The average molecular weight is 370 g/mol. The van der Waals surface area contributed by atoms with E-state index < -0.39 is 11.5 Å². The molecule has 0 amide bonds. The fraction of sp³-hybridized carbons (Fsp3) is 0.333. The van der Waals surface area contributed by atoms with Gasteiger partial charge in [-0.05, 0) is 30.7 Å². The fourth-order valence-corrected chi connectivity index (χ4v) is 3.43. The molecule has 1 aliphatic heterocycles. The van der Waals surface area contributed by atoms with Crippen LogP contribution in [0.2, 0.25) is 0 Å². The molecule has 1 heterocycles. The van der Waals surface area contributed by atoms with Gasteiger partial charge in [0.2, 0.25) is 6.79 Å². The van der Waals surface area contributed by atoms with Gasteiger partial charge in [-0.15, -0.1) is 6.58 Å². The quantitative estimate of drug-likeness (QED) is 0.542. The van der Waals surface area contributed by atoms with Gasteiger partial charge in [0.15, 0.2) is 28.7 Å². The van der Waals surface area contributed by atoms with Crippen LogP contribution in [0.3, 0.4) is 0 Å². The standard InChI is InChI=1S/C21H22O6/c1-5-6-15-11-21(25-4,19(24-3)10-16(15)22)13(2)20(23)14-7-8-17-18(9-14)27-12-26-17/h5,7-11,13H,1,6,12H2,2-4H3/t13-,21-/m0/s1. The molecule has 1 aromatic carbocycles. The maximum atomic E-state index is 13.2. The zero-order valence-electron chi connectivity index (χ0n) is 15.6. The molecule has 3 rings (SSSR count). The number of ketones is 2. The van der Waals surface area contributed by atoms with E-state index in [0.717, 1.165) is 0 Å². The Kier molecular flexibility index (Phi) is 5.19. The van der Waals surface area contributed by atoms with Crippen LogP contribution in [0.15, 0.2) is 54.3 Å². The first-order valence-electron chi connectivity index (χ1n) is 8.59. The molecule has 1 aromatic rings. The Morgan fingerprint density at radius 3 is 2.74 bits per heavy atom. The van der Waals surface area contributed by atoms with Crippen LogP contribution in [-0.2, 0) is 14.3 Å². The summed E-state index contributed by atoms with van der Waals surface area (Å²) in [5, 5.41) is 0. The summed E-state index contributed by atoms with van der Waals surface area (Å²) in [6, 6.07) is 5.05. The predicted octanol–water partition coefficient (Wildman–Crippen LogP) is 3.23. The molecule has 0 N–H and O–H groups in total. The number of Topliss-reactive ketones (excluding diaryl/α,β-unsaturated/α-hetero) is 1. The van der Waals surface area contributed by atoms with Gasteiger partial charge in [-0.25, -0.2) is 0 Å². The van der Waals surface area contributed by atoms with Gasteiger partial charge in [-0.3, -0.25) is 9.59 Å². The Bertz CT molecular complexity index is 850. The monoisotopic (exact) mass is 370 g/mol. The second-order valence-electron chi connectivity index (χ2n) is 6.39. The number of carbonyl (C=O) groups excluding carboxylic acids is 2. The molecule has 6 nitrogen and oxygen atoms in total. The van der Waals surface area contributed by atoms with Crippen molar-refractivity contribution in [2.24, 2.45) is 5.92 Å². The summed E-state index contributed by atoms with van der Waals surface area (Å²) in [5.74, 6) is 0.438. The van der Waals surface area contributed by atoms with Crippen LogP contribution in [0.4, 0.5) is 0 Å². The molecule has 2 atom stereocenters. The third-order valence-electron chi connectivity index (χ3n) is 4.97. The van der Waals surface area contributed by atoms with Crippen molar-refractivity contribution in [2.45, 2.75) is 18.9 Å². The predicted molar refractivity (Wildman–Crippen MR) is 98.8 cm³/mol. The normalized spacial score (nSPS) is 22.0. The molecule has 1 aliphatic carbocycles. The lowest BCUT2D eigenvalue weighted by Gasteiger charge is -2.38. The zero-order chi connectivity index (χ0) is 19.6. The summed E-state index contributed by atoms with van der Waals surface area (Å²) < 4.78 is 21.9. The molecule has 0 aromatic heterocycles. The Hall–Kier alpha value is -2.86. The lowest BCUT2D eigenvalue weighted by Crippen LogP contribution is -2.45. The molecule has 0 radical (unpaired) electrons. The van der Waals surface area contributed by atoms with Crippen molar-refractivity contribution in [3.63, 3.8) is 0 Å². The summed E-state index contributed by atoms with van der Waals surface area (Å²) in [6.45, 7) is 5.57. The largest absolute Gasteiger partial charge is 0.497 e. The van der Waals surface area contributed by atoms with Crippen LogP contribution in [0.25, 0.3) is 0 Å². The molecule has 0 unspecified atom stereocenters. The van der Waals surface area contributed by atoms with Crippen molar-refractivity contribution in [3.05, 3.63) is 59.9 Å². The van der Waals surface area contributed by atoms with E-state index in [1.165, 1.54) is 20.3 Å². The van der Waals surface area contributed by atoms with Gasteiger partial charge in [0, 0.05) is 24.3 Å². The number of carbonyl (C=O) groups is 2. The first-order chi connectivity index (χ1) is 13.0. The second kappa shape index (κ2) is 7.40. The molecule has 142 valence electrons. The van der Waals surface area contributed by atoms with E-state index in [-0.39, 0.29) is 18.4 Å². The van der Waals surface area contributed by atoms with Gasteiger partial charge in [-0.2, -0.15) is 0 Å². The number of fused-ring (bicyclic) bond motifs is 1. The first-order valence-corrected chi connectivity index (χ1v) is 8.59. The van der Waals surface area contributed by atoms with E-state index in [4.69, 9.17) is 18.9 Å². The van der Waals surface area contributed by atoms with E-state index in [9.17, 15) is 9.59 Å². The minimum Gasteiger partial charge on any atom is -0.497 e. The third-order valence-corrected chi connectivity index (χ3v) is 4.97. The lowest BCUT2D eigenvalue weighted by molar-refractivity contribution is -0.112. The Morgan fingerprint density at radius 1 is 1.33 bits per heavy atom. The smallest absolute Gasteiger partial charge is 0.231 e. The van der Waals surface area contributed by atoms with Crippen LogP contribution in [0, 0.1) is 5.92 Å². The first kappa shape index (κ1) is 18.9. The van der Waals surface area contributed by atoms with E-state index in [1.807, 2.05) is 0 Å². The molecule has 0 fully saturated rings. The van der Waals surface area contributed by atoms with Crippen molar-refractivity contribution in [1.29, 1.82) is 0 Å². The molecular formula is C21H22O6. The summed E-state index contributed by atoms with van der Waals surface area (Å²) in [6.07, 6.45) is 5.07. The second-order valence-corrected chi connectivity index (χ2v) is 6.39. The average Bonchev–Trinajstić information content (AvgIpc) is 3.16.